The van der Waals surface area contributed by atoms with Crippen molar-refractivity contribution in [2.24, 2.45) is 0 Å². The van der Waals surface area contributed by atoms with Crippen LogP contribution in [0, 0.1) is 0 Å². The summed E-state index contributed by atoms with van der Waals surface area (Å²) in [7, 11) is -7.80. The van der Waals surface area contributed by atoms with Gasteiger partial charge in [-0.1, -0.05) is 0 Å². The van der Waals surface area contributed by atoms with Gasteiger partial charge in [0.2, 0.25) is 0 Å². The summed E-state index contributed by atoms with van der Waals surface area (Å²) in [5.74, 6) is 1.76. The molecule has 0 spiro atoms. The van der Waals surface area contributed by atoms with Gasteiger partial charge in [-0.3, -0.25) is 0 Å². The lowest BCUT2D eigenvalue weighted by atomic mass is 10.6. The van der Waals surface area contributed by atoms with Crippen molar-refractivity contribution in [3.8, 4) is 0 Å². The third-order valence-electron chi connectivity index (χ3n) is 3.05. The molecule has 0 saturated carbocycles. The molecule has 0 aliphatic heterocycles. The monoisotopic (exact) mass is 430 g/mol. The van der Waals surface area contributed by atoms with E-state index in [1.165, 1.54) is 0 Å². The minimum Gasteiger partial charge on any atom is -0.437 e. The largest absolute Gasteiger partial charge is 0.437 e. The maximum Gasteiger partial charge on any atom is 0.315 e. The highest BCUT2D eigenvalue weighted by Crippen LogP contribution is 2.30. The molecule has 0 saturated heterocycles. The lowest BCUT2D eigenvalue weighted by Crippen LogP contribution is -2.58. The molecule has 0 aromatic heterocycles. The Morgan fingerprint density at radius 3 is 1.09 bits per heavy atom. The van der Waals surface area contributed by atoms with E-state index in [0.29, 0.717) is 0 Å². The first-order valence-electron chi connectivity index (χ1n) is 8.56. The van der Waals surface area contributed by atoms with E-state index in [1.54, 1.807) is 0 Å². The average Bonchev–Trinajstić information content (AvgIpc) is 2.29. The summed E-state index contributed by atoms with van der Waals surface area (Å²) in [4.78, 5) is 0. The Morgan fingerprint density at radius 2 is 0.870 bits per heavy atom. The zero-order chi connectivity index (χ0) is 18.4. The number of thiol groups is 2. The third-order valence-corrected chi connectivity index (χ3v) is 18.0. The second-order valence-corrected chi connectivity index (χ2v) is 25.8. The van der Waals surface area contributed by atoms with Crippen molar-refractivity contribution in [1.29, 1.82) is 0 Å². The summed E-state index contributed by atoms with van der Waals surface area (Å²) in [6, 6.07) is 2.00. The minimum atomic E-state index is -2.24. The Kier molecular flexibility index (Phi) is 10.6. The molecular weight excluding hydrogens is 393 g/mol. The van der Waals surface area contributed by atoms with Gasteiger partial charge in [0.1, 0.15) is 0 Å². The van der Waals surface area contributed by atoms with Crippen molar-refractivity contribution in [2.75, 3.05) is 11.5 Å². The lowest BCUT2D eigenvalue weighted by Gasteiger charge is -2.43. The fraction of sp³-hybridized carbons (Fsp3) is 1.00. The molecule has 0 radical (unpaired) electrons. The summed E-state index contributed by atoms with van der Waals surface area (Å²) in [6.45, 7) is 17.9. The molecule has 0 fully saturated rings. The molecule has 23 heavy (non-hydrogen) atoms. The molecule has 3 nitrogen and oxygen atoms in total. The lowest BCUT2D eigenvalue weighted by molar-refractivity contribution is 0.316. The van der Waals surface area contributed by atoms with E-state index in [9.17, 15) is 0 Å². The summed E-state index contributed by atoms with van der Waals surface area (Å²) in [5, 5.41) is 0. The maximum absolute atomic E-state index is 6.82. The van der Waals surface area contributed by atoms with Crippen molar-refractivity contribution >= 4 is 59.0 Å². The van der Waals surface area contributed by atoms with E-state index < -0.39 is 33.8 Å². The van der Waals surface area contributed by atoms with E-state index in [-0.39, 0.29) is 0 Å². The molecule has 0 rings (SSSR count). The summed E-state index contributed by atoms with van der Waals surface area (Å²) >= 11 is 8.76. The van der Waals surface area contributed by atoms with Crippen LogP contribution in [0.4, 0.5) is 0 Å². The van der Waals surface area contributed by atoms with Gasteiger partial charge < -0.3 is 12.3 Å². The summed E-state index contributed by atoms with van der Waals surface area (Å²) in [5.41, 5.74) is 0. The predicted octanol–water partition coefficient (Wildman–Crippen LogP) is 5.49. The van der Waals surface area contributed by atoms with Crippen molar-refractivity contribution in [2.45, 2.75) is 77.3 Å². The third kappa shape index (κ3) is 12.4. The van der Waals surface area contributed by atoms with E-state index in [0.717, 1.165) is 36.4 Å². The van der Waals surface area contributed by atoms with Gasteiger partial charge in [-0.15, -0.1) is 0 Å². The minimum absolute atomic E-state index is 0.880. The van der Waals surface area contributed by atoms with Crippen LogP contribution < -0.4 is 0 Å². The van der Waals surface area contributed by atoms with Gasteiger partial charge in [0, 0.05) is 0 Å². The number of rotatable bonds is 12. The molecule has 0 N–H and O–H groups in total. The number of hydrogen-bond acceptors (Lipinski definition) is 5. The van der Waals surface area contributed by atoms with Crippen LogP contribution in [-0.2, 0) is 12.3 Å². The zero-order valence-electron chi connectivity index (χ0n) is 16.4. The van der Waals surface area contributed by atoms with Gasteiger partial charge in [-0.2, -0.15) is 25.3 Å². The van der Waals surface area contributed by atoms with Crippen LogP contribution in [-0.4, -0.2) is 45.3 Å². The highest BCUT2D eigenvalue weighted by Gasteiger charge is 2.46. The molecule has 2 atom stereocenters. The van der Waals surface area contributed by atoms with Crippen molar-refractivity contribution in [3.05, 3.63) is 0 Å². The first-order chi connectivity index (χ1) is 10.2. The normalized spacial score (nSPS) is 18.5. The molecule has 0 aromatic rings. The summed E-state index contributed by atoms with van der Waals surface area (Å²) < 4.78 is 20.0. The Balaban J connectivity index is 5.31. The van der Waals surface area contributed by atoms with Gasteiger partial charge in [0.25, 0.3) is 0 Å². The fourth-order valence-electron chi connectivity index (χ4n) is 2.80. The predicted molar refractivity (Wildman–Crippen MR) is 120 cm³/mol. The Morgan fingerprint density at radius 1 is 0.565 bits per heavy atom. The standard InChI is InChI=1S/C14H38O3S2Si4/c1-20(2,3)15-22(7,13-9-11-18)17-23(8,14-10-12-19)16-21(4,5)6/h18-19H,9-14H2,1-8H3. The molecule has 0 heterocycles. The smallest absolute Gasteiger partial charge is 0.315 e. The van der Waals surface area contributed by atoms with Crippen molar-refractivity contribution < 1.29 is 12.3 Å². The van der Waals surface area contributed by atoms with Gasteiger partial charge in [-0.05, 0) is 88.8 Å². The van der Waals surface area contributed by atoms with Gasteiger partial charge >= 0.3 is 17.1 Å². The average molecular weight is 431 g/mol. The first kappa shape index (κ1) is 24.4. The molecule has 2 unspecified atom stereocenters. The van der Waals surface area contributed by atoms with Gasteiger partial charge in [-0.25, -0.2) is 0 Å². The molecule has 140 valence electrons. The maximum atomic E-state index is 6.82. The quantitative estimate of drug-likeness (QED) is 0.317. The SMILES string of the molecule is C[Si](C)(C)O[Si](C)(CCCS)O[Si](C)(CCCS)O[Si](C)(C)C. The molecular formula is C14H38O3S2Si4. The fourth-order valence-corrected chi connectivity index (χ4v) is 22.1. The van der Waals surface area contributed by atoms with Gasteiger partial charge in [0.05, 0.1) is 0 Å². The topological polar surface area (TPSA) is 27.7 Å². The van der Waals surface area contributed by atoms with Gasteiger partial charge in [0.15, 0.2) is 16.6 Å². The van der Waals surface area contributed by atoms with Crippen molar-refractivity contribution in [1.82, 2.24) is 0 Å². The van der Waals surface area contributed by atoms with Crippen molar-refractivity contribution in [3.63, 3.8) is 0 Å². The molecule has 0 aromatic carbocycles. The van der Waals surface area contributed by atoms with E-state index in [1.807, 2.05) is 0 Å². The highest BCUT2D eigenvalue weighted by atomic mass is 32.1. The first-order valence-corrected chi connectivity index (χ1v) is 21.7. The van der Waals surface area contributed by atoms with Crippen LogP contribution in [0.5, 0.6) is 0 Å². The zero-order valence-corrected chi connectivity index (χ0v) is 22.2. The van der Waals surface area contributed by atoms with Crippen LogP contribution in [0.2, 0.25) is 64.5 Å². The molecule has 0 aliphatic rings. The van der Waals surface area contributed by atoms with E-state index >= 15 is 0 Å². The Bertz CT molecular complexity index is 318. The number of hydrogen-bond donors (Lipinski definition) is 2. The second-order valence-electron chi connectivity index (χ2n) is 8.45. The van der Waals surface area contributed by atoms with E-state index in [2.05, 4.69) is 77.6 Å². The molecule has 0 amide bonds. The Hall–Kier alpha value is 1.45. The molecule has 9 heteroatoms. The molecule has 0 aliphatic carbocycles. The van der Waals surface area contributed by atoms with Crippen LogP contribution in [0.1, 0.15) is 12.8 Å². The Labute approximate surface area is 159 Å². The summed E-state index contributed by atoms with van der Waals surface area (Å²) in [6.07, 6.45) is 2.08. The van der Waals surface area contributed by atoms with Crippen LogP contribution in [0.25, 0.3) is 0 Å². The van der Waals surface area contributed by atoms with E-state index in [4.69, 9.17) is 12.3 Å². The molecule has 0 bridgehead atoms. The second kappa shape index (κ2) is 9.96. The van der Waals surface area contributed by atoms with Crippen LogP contribution >= 0.6 is 25.3 Å². The van der Waals surface area contributed by atoms with Crippen LogP contribution in [0.3, 0.4) is 0 Å². The van der Waals surface area contributed by atoms with Crippen LogP contribution in [0.15, 0.2) is 0 Å². The highest BCUT2D eigenvalue weighted by molar-refractivity contribution is 7.80.